The first-order chi connectivity index (χ1) is 26.7. The molecule has 278 valence electrons. The molecule has 54 heavy (non-hydrogen) atoms. The minimum Gasteiger partial charge on any atom is -0.237 e. The van der Waals surface area contributed by atoms with Crippen LogP contribution in [0.3, 0.4) is 0 Å². The fourth-order valence-electron chi connectivity index (χ4n) is 11.6. The Morgan fingerprint density at radius 1 is 0.611 bits per heavy atom. The zero-order valence-corrected chi connectivity index (χ0v) is 32.3. The van der Waals surface area contributed by atoms with E-state index in [2.05, 4.69) is 103 Å². The Labute approximate surface area is 324 Å². The standard InChI is InChI=1S/C51H59N3/c52-34-42-20-10-11-21-43(42)35-24-26-36(27-25-35)44-32-33-45(47-23-13-12-22-46(44)47)37-28-30-40(31-29-37)50-48(38-14-4-1-5-15-38)49(39-16-6-2-7-17-39)53-51(54-50)41-18-8-3-9-19-41/h1,4-5,10-14,16,22-24,26,28-30,38,40-47H,2-3,6-9,15,17-21,25,27,31-33H2. The minimum absolute atomic E-state index is 0.135. The van der Waals surface area contributed by atoms with E-state index in [1.165, 1.54) is 92.3 Å². The van der Waals surface area contributed by atoms with E-state index in [0.29, 0.717) is 47.3 Å². The van der Waals surface area contributed by atoms with Crippen molar-refractivity contribution in [2.75, 3.05) is 0 Å². The van der Waals surface area contributed by atoms with E-state index >= 15 is 0 Å². The lowest BCUT2D eigenvalue weighted by molar-refractivity contribution is 0.199. The maximum atomic E-state index is 9.81. The summed E-state index contributed by atoms with van der Waals surface area (Å²) in [5.41, 5.74) is 10.2. The zero-order valence-electron chi connectivity index (χ0n) is 32.3. The van der Waals surface area contributed by atoms with Crippen molar-refractivity contribution >= 4 is 5.57 Å². The predicted octanol–water partition coefficient (Wildman–Crippen LogP) is 13.2. The first-order valence-electron chi connectivity index (χ1n) is 21.9. The molecule has 2 saturated carbocycles. The van der Waals surface area contributed by atoms with Crippen LogP contribution in [0.4, 0.5) is 0 Å². The maximum Gasteiger partial charge on any atom is 0.132 e. The first kappa shape index (κ1) is 35.7. The molecule has 0 aromatic carbocycles. The molecule has 3 nitrogen and oxygen atoms in total. The molecule has 9 rings (SSSR count). The van der Waals surface area contributed by atoms with Crippen LogP contribution < -0.4 is 0 Å². The quantitative estimate of drug-likeness (QED) is 0.264. The number of allylic oxidation sites excluding steroid dienone is 20. The van der Waals surface area contributed by atoms with Gasteiger partial charge in [-0.25, -0.2) is 9.97 Å². The normalized spacial score (nSPS) is 33.7. The van der Waals surface area contributed by atoms with Gasteiger partial charge in [0.15, 0.2) is 0 Å². The van der Waals surface area contributed by atoms with Crippen LogP contribution in [-0.2, 0) is 0 Å². The van der Waals surface area contributed by atoms with Gasteiger partial charge in [0, 0.05) is 23.3 Å². The third-order valence-electron chi connectivity index (χ3n) is 14.5. The summed E-state index contributed by atoms with van der Waals surface area (Å²) >= 11 is 0. The van der Waals surface area contributed by atoms with Gasteiger partial charge in [-0.3, -0.25) is 0 Å². The van der Waals surface area contributed by atoms with Crippen molar-refractivity contribution in [3.63, 3.8) is 0 Å². The topological polar surface area (TPSA) is 49.6 Å². The minimum atomic E-state index is 0.135. The summed E-state index contributed by atoms with van der Waals surface area (Å²) in [5.74, 6) is 5.04. The highest BCUT2D eigenvalue weighted by atomic mass is 14.9. The molecule has 3 heteroatoms. The number of nitriles is 1. The monoisotopic (exact) mass is 713 g/mol. The zero-order chi connectivity index (χ0) is 36.3. The Kier molecular flexibility index (Phi) is 10.8. The highest BCUT2D eigenvalue weighted by Crippen LogP contribution is 2.51. The molecule has 1 aromatic rings. The molecule has 8 atom stereocenters. The molecular weight excluding hydrogens is 655 g/mol. The van der Waals surface area contributed by atoms with Crippen LogP contribution in [0.1, 0.15) is 150 Å². The van der Waals surface area contributed by atoms with Crippen LogP contribution in [0.15, 0.2) is 114 Å². The Balaban J connectivity index is 0.979. The molecule has 8 aliphatic rings. The number of nitrogens with zero attached hydrogens (tertiary/aromatic N) is 3. The van der Waals surface area contributed by atoms with Crippen molar-refractivity contribution in [2.45, 2.75) is 127 Å². The molecule has 0 saturated heterocycles. The maximum absolute atomic E-state index is 9.81. The van der Waals surface area contributed by atoms with Crippen molar-refractivity contribution in [1.82, 2.24) is 9.97 Å². The van der Waals surface area contributed by atoms with Crippen molar-refractivity contribution in [2.24, 2.45) is 35.5 Å². The molecule has 2 fully saturated rings. The molecule has 8 unspecified atom stereocenters. The van der Waals surface area contributed by atoms with E-state index < -0.39 is 0 Å². The van der Waals surface area contributed by atoms with Crippen LogP contribution >= 0.6 is 0 Å². The van der Waals surface area contributed by atoms with Crippen LogP contribution in [0, 0.1) is 46.8 Å². The fraction of sp³-hybridized carbons (Fsp3) is 0.510. The van der Waals surface area contributed by atoms with Gasteiger partial charge in [-0.05, 0) is 131 Å². The second-order valence-corrected chi connectivity index (χ2v) is 17.6. The lowest BCUT2D eigenvalue weighted by Gasteiger charge is -2.44. The molecule has 0 amide bonds. The van der Waals surface area contributed by atoms with Gasteiger partial charge in [0.05, 0.1) is 23.4 Å². The third kappa shape index (κ3) is 7.23. The Morgan fingerprint density at radius 2 is 1.39 bits per heavy atom. The van der Waals surface area contributed by atoms with Gasteiger partial charge < -0.3 is 0 Å². The highest BCUT2D eigenvalue weighted by Gasteiger charge is 2.41. The summed E-state index contributed by atoms with van der Waals surface area (Å²) in [6.45, 7) is 0. The third-order valence-corrected chi connectivity index (χ3v) is 14.5. The van der Waals surface area contributed by atoms with Crippen molar-refractivity contribution in [3.8, 4) is 6.07 Å². The SMILES string of the molecule is N#CC1CC=CCC1C1=CC=C(C2CCC(C3=CCC(c4nc(C5CCCCC5)nc(C5=CCCCC5)c4C4C=CC=CC4)C=C3)C3C=CC=CC23)CC1. The van der Waals surface area contributed by atoms with Gasteiger partial charge in [0.1, 0.15) is 5.82 Å². The number of aromatic nitrogens is 2. The number of fused-ring (bicyclic) bond motifs is 1. The van der Waals surface area contributed by atoms with Crippen molar-refractivity contribution < 1.29 is 0 Å². The smallest absolute Gasteiger partial charge is 0.132 e. The largest absolute Gasteiger partial charge is 0.237 e. The summed E-state index contributed by atoms with van der Waals surface area (Å²) in [6, 6.07) is 2.61. The van der Waals surface area contributed by atoms with Crippen LogP contribution in [-0.4, -0.2) is 9.97 Å². The lowest BCUT2D eigenvalue weighted by Crippen LogP contribution is -2.35. The van der Waals surface area contributed by atoms with Gasteiger partial charge in [-0.15, -0.1) is 0 Å². The lowest BCUT2D eigenvalue weighted by atomic mass is 9.60. The molecule has 0 aliphatic heterocycles. The summed E-state index contributed by atoms with van der Waals surface area (Å²) in [7, 11) is 0. The average molecular weight is 714 g/mol. The van der Waals surface area contributed by atoms with Crippen LogP contribution in [0.25, 0.3) is 5.57 Å². The number of hydrogen-bond acceptors (Lipinski definition) is 3. The average Bonchev–Trinajstić information content (AvgIpc) is 3.26. The second kappa shape index (κ2) is 16.4. The van der Waals surface area contributed by atoms with E-state index in [9.17, 15) is 5.26 Å². The molecule has 1 aromatic heterocycles. The molecular formula is C51H59N3. The number of hydrogen-bond donors (Lipinski definition) is 0. The molecule has 0 radical (unpaired) electrons. The summed E-state index contributed by atoms with van der Waals surface area (Å²) in [4.78, 5) is 11.2. The fourth-order valence-corrected chi connectivity index (χ4v) is 11.6. The molecule has 0 N–H and O–H groups in total. The Hall–Kier alpha value is -4.03. The molecule has 0 spiro atoms. The molecule has 8 aliphatic carbocycles. The van der Waals surface area contributed by atoms with E-state index in [-0.39, 0.29) is 5.92 Å². The van der Waals surface area contributed by atoms with Gasteiger partial charge >= 0.3 is 0 Å². The van der Waals surface area contributed by atoms with E-state index in [1.807, 2.05) is 0 Å². The van der Waals surface area contributed by atoms with Crippen LogP contribution in [0.2, 0.25) is 0 Å². The Morgan fingerprint density at radius 3 is 2.11 bits per heavy atom. The second-order valence-electron chi connectivity index (χ2n) is 17.6. The number of rotatable bonds is 7. The van der Waals surface area contributed by atoms with Gasteiger partial charge in [0.25, 0.3) is 0 Å². The van der Waals surface area contributed by atoms with E-state index in [4.69, 9.17) is 9.97 Å². The van der Waals surface area contributed by atoms with Crippen molar-refractivity contribution in [1.29, 1.82) is 5.26 Å². The van der Waals surface area contributed by atoms with Gasteiger partial charge in [0.2, 0.25) is 0 Å². The Bertz CT molecular complexity index is 1930. The van der Waals surface area contributed by atoms with Gasteiger partial charge in [-0.1, -0.05) is 128 Å². The van der Waals surface area contributed by atoms with Crippen LogP contribution in [0.5, 0.6) is 0 Å². The molecule has 0 bridgehead atoms. The van der Waals surface area contributed by atoms with E-state index in [1.54, 1.807) is 11.1 Å². The first-order valence-corrected chi connectivity index (χ1v) is 21.9. The predicted molar refractivity (Wildman–Crippen MR) is 222 cm³/mol. The summed E-state index contributed by atoms with van der Waals surface area (Å²) < 4.78 is 0. The van der Waals surface area contributed by atoms with E-state index in [0.717, 1.165) is 50.8 Å². The summed E-state index contributed by atoms with van der Waals surface area (Å²) in [5, 5.41) is 9.81. The summed E-state index contributed by atoms with van der Waals surface area (Å²) in [6.07, 6.45) is 58.5. The molecule has 1 heterocycles. The van der Waals surface area contributed by atoms with Crippen molar-refractivity contribution in [3.05, 3.63) is 137 Å². The highest BCUT2D eigenvalue weighted by molar-refractivity contribution is 5.68. The van der Waals surface area contributed by atoms with Gasteiger partial charge in [-0.2, -0.15) is 5.26 Å².